The van der Waals surface area contributed by atoms with E-state index < -0.39 is 0 Å². The Morgan fingerprint density at radius 1 is 1.10 bits per heavy atom. The second-order valence-electron chi connectivity index (χ2n) is 8.35. The van der Waals surface area contributed by atoms with Crippen molar-refractivity contribution in [1.29, 1.82) is 0 Å². The van der Waals surface area contributed by atoms with Crippen molar-refractivity contribution in [1.82, 2.24) is 19.9 Å². The smallest absolute Gasteiger partial charge is 0.223 e. The van der Waals surface area contributed by atoms with E-state index in [1.165, 1.54) is 11.1 Å². The number of ether oxygens (including phenoxy) is 2. The number of nitrogens with zero attached hydrogens (tertiary/aromatic N) is 4. The van der Waals surface area contributed by atoms with E-state index >= 15 is 0 Å². The van der Waals surface area contributed by atoms with Gasteiger partial charge in [-0.2, -0.15) is 0 Å². The minimum Gasteiger partial charge on any atom is -0.481 e. The van der Waals surface area contributed by atoms with Gasteiger partial charge in [-0.25, -0.2) is 15.0 Å². The molecule has 0 amide bonds. The Kier molecular flexibility index (Phi) is 5.53. The van der Waals surface area contributed by atoms with Crippen molar-refractivity contribution < 1.29 is 9.47 Å². The second kappa shape index (κ2) is 8.61. The summed E-state index contributed by atoms with van der Waals surface area (Å²) in [4.78, 5) is 16.3. The van der Waals surface area contributed by atoms with Gasteiger partial charge in [0.15, 0.2) is 0 Å². The van der Waals surface area contributed by atoms with E-state index in [9.17, 15) is 0 Å². The molecule has 1 N–H and O–H groups in total. The molecule has 1 atom stereocenters. The van der Waals surface area contributed by atoms with E-state index in [2.05, 4.69) is 38.4 Å². The van der Waals surface area contributed by atoms with E-state index in [4.69, 9.17) is 14.5 Å². The molecule has 2 aliphatic rings. The molecule has 160 valence electrons. The first kappa shape index (κ1) is 19.9. The van der Waals surface area contributed by atoms with Crippen molar-refractivity contribution >= 4 is 5.95 Å². The highest BCUT2D eigenvalue weighted by atomic mass is 16.5. The van der Waals surface area contributed by atoms with Crippen molar-refractivity contribution in [2.24, 2.45) is 0 Å². The first-order chi connectivity index (χ1) is 15.2. The fraction of sp³-hybridized carbons (Fsp3) is 0.375. The molecule has 4 heterocycles. The number of fused-ring (bicyclic) bond motifs is 2. The number of nitrogens with one attached hydrogen (secondary N) is 1. The maximum Gasteiger partial charge on any atom is 0.223 e. The Hall–Kier alpha value is -3.03. The fourth-order valence-corrected chi connectivity index (χ4v) is 4.55. The van der Waals surface area contributed by atoms with Gasteiger partial charge in [-0.3, -0.25) is 4.90 Å². The van der Waals surface area contributed by atoms with Crippen LogP contribution in [0.5, 0.6) is 5.88 Å². The number of aromatic nitrogens is 3. The molecule has 1 aromatic carbocycles. The van der Waals surface area contributed by atoms with Gasteiger partial charge in [-0.15, -0.1) is 0 Å². The van der Waals surface area contributed by atoms with Gasteiger partial charge in [0.1, 0.15) is 0 Å². The lowest BCUT2D eigenvalue weighted by Gasteiger charge is -2.34. The first-order valence-corrected chi connectivity index (χ1v) is 10.7. The van der Waals surface area contributed by atoms with E-state index in [1.807, 2.05) is 36.7 Å². The monoisotopic (exact) mass is 417 g/mol. The van der Waals surface area contributed by atoms with Gasteiger partial charge in [-0.05, 0) is 24.1 Å². The van der Waals surface area contributed by atoms with Crippen LogP contribution in [-0.4, -0.2) is 46.7 Å². The number of methoxy groups -OCH3 is 1. The summed E-state index contributed by atoms with van der Waals surface area (Å²) in [6, 6.07) is 14.3. The van der Waals surface area contributed by atoms with Crippen LogP contribution in [0.15, 0.2) is 54.9 Å². The molecule has 7 heteroatoms. The molecule has 1 saturated heterocycles. The van der Waals surface area contributed by atoms with Crippen LogP contribution in [0.2, 0.25) is 0 Å². The summed E-state index contributed by atoms with van der Waals surface area (Å²) in [5.74, 6) is 1.32. The molecular formula is C24H27N5O2. The van der Waals surface area contributed by atoms with Crippen molar-refractivity contribution in [3.63, 3.8) is 0 Å². The van der Waals surface area contributed by atoms with Gasteiger partial charge in [0, 0.05) is 43.7 Å². The van der Waals surface area contributed by atoms with Gasteiger partial charge < -0.3 is 14.8 Å². The molecule has 5 rings (SSSR count). The third kappa shape index (κ3) is 4.24. The topological polar surface area (TPSA) is 72.4 Å². The predicted molar refractivity (Wildman–Crippen MR) is 118 cm³/mol. The quantitative estimate of drug-likeness (QED) is 0.660. The second-order valence-corrected chi connectivity index (χ2v) is 8.35. The summed E-state index contributed by atoms with van der Waals surface area (Å²) < 4.78 is 11.1. The van der Waals surface area contributed by atoms with Gasteiger partial charge in [0.25, 0.3) is 0 Å². The van der Waals surface area contributed by atoms with Crippen LogP contribution in [0.4, 0.5) is 5.95 Å². The normalized spacial score (nSPS) is 20.5. The minimum atomic E-state index is -0.0837. The van der Waals surface area contributed by atoms with Gasteiger partial charge in [0.05, 0.1) is 31.4 Å². The van der Waals surface area contributed by atoms with Crippen LogP contribution >= 0.6 is 0 Å². The van der Waals surface area contributed by atoms with Gasteiger partial charge in [0.2, 0.25) is 11.8 Å². The Balaban J connectivity index is 1.31. The zero-order chi connectivity index (χ0) is 21.1. The third-order valence-corrected chi connectivity index (χ3v) is 6.14. The van der Waals surface area contributed by atoms with Gasteiger partial charge >= 0.3 is 0 Å². The number of pyridine rings is 1. The number of likely N-dealkylation sites (tertiary alicyclic amines) is 1. The molecule has 0 aliphatic carbocycles. The maximum absolute atomic E-state index is 5.98. The Morgan fingerprint density at radius 3 is 2.81 bits per heavy atom. The molecule has 2 aliphatic heterocycles. The van der Waals surface area contributed by atoms with Crippen LogP contribution in [0.1, 0.15) is 28.8 Å². The van der Waals surface area contributed by atoms with Gasteiger partial charge in [-0.1, -0.05) is 36.4 Å². The molecule has 3 aromatic rings. The molecule has 1 fully saturated rings. The van der Waals surface area contributed by atoms with E-state index in [0.717, 1.165) is 37.3 Å². The average Bonchev–Trinajstić information content (AvgIpc) is 3.22. The maximum atomic E-state index is 5.98. The summed E-state index contributed by atoms with van der Waals surface area (Å²) in [6.45, 7) is 4.77. The molecule has 7 nitrogen and oxygen atoms in total. The molecule has 31 heavy (non-hydrogen) atoms. The number of hydrogen-bond donors (Lipinski definition) is 1. The molecule has 0 bridgehead atoms. The highest BCUT2D eigenvalue weighted by Crippen LogP contribution is 2.39. The summed E-state index contributed by atoms with van der Waals surface area (Å²) in [5, 5.41) is 3.38. The first-order valence-electron chi connectivity index (χ1n) is 10.7. The zero-order valence-corrected chi connectivity index (χ0v) is 17.8. The molecule has 0 unspecified atom stereocenters. The zero-order valence-electron chi connectivity index (χ0n) is 17.8. The lowest BCUT2D eigenvalue weighted by atomic mass is 9.80. The number of benzene rings is 1. The van der Waals surface area contributed by atoms with Crippen molar-refractivity contribution in [3.8, 4) is 5.88 Å². The Morgan fingerprint density at radius 2 is 2.00 bits per heavy atom. The largest absolute Gasteiger partial charge is 0.481 e. The Labute approximate surface area is 182 Å². The van der Waals surface area contributed by atoms with Crippen LogP contribution in [0.3, 0.4) is 0 Å². The summed E-state index contributed by atoms with van der Waals surface area (Å²) in [5.41, 5.74) is 4.55. The number of hydrogen-bond acceptors (Lipinski definition) is 7. The van der Waals surface area contributed by atoms with Crippen LogP contribution < -0.4 is 10.1 Å². The average molecular weight is 418 g/mol. The molecular weight excluding hydrogens is 390 g/mol. The SMILES string of the molecule is COc1ccc(CN2CC[C@@]3(COCc4cnc(NCc5ccccc5)nc43)C2)cn1. The predicted octanol–water partition coefficient (Wildman–Crippen LogP) is 3.17. The molecule has 0 saturated carbocycles. The van der Waals surface area contributed by atoms with Crippen molar-refractivity contribution in [3.05, 3.63) is 77.2 Å². The van der Waals surface area contributed by atoms with Crippen molar-refractivity contribution in [2.75, 3.05) is 32.1 Å². The van der Waals surface area contributed by atoms with E-state index in [-0.39, 0.29) is 5.41 Å². The summed E-state index contributed by atoms with van der Waals surface area (Å²) >= 11 is 0. The Bertz CT molecular complexity index is 1030. The summed E-state index contributed by atoms with van der Waals surface area (Å²) in [6.07, 6.45) is 4.84. The lowest BCUT2D eigenvalue weighted by Crippen LogP contribution is -2.40. The molecule has 2 aromatic heterocycles. The minimum absolute atomic E-state index is 0.0837. The lowest BCUT2D eigenvalue weighted by molar-refractivity contribution is 0.0503. The number of rotatable bonds is 6. The summed E-state index contributed by atoms with van der Waals surface area (Å²) in [7, 11) is 1.64. The highest BCUT2D eigenvalue weighted by molar-refractivity contribution is 5.37. The van der Waals surface area contributed by atoms with Crippen LogP contribution in [0, 0.1) is 0 Å². The number of anilines is 1. The van der Waals surface area contributed by atoms with E-state index in [0.29, 0.717) is 31.6 Å². The van der Waals surface area contributed by atoms with Crippen LogP contribution in [-0.2, 0) is 29.8 Å². The van der Waals surface area contributed by atoms with E-state index in [1.54, 1.807) is 7.11 Å². The molecule has 1 spiro atoms. The standard InChI is InChI=1S/C24H27N5O2/c1-30-21-8-7-19(12-25-21)14-29-10-9-24(16-29)17-31-15-20-13-27-23(28-22(20)24)26-11-18-5-3-2-4-6-18/h2-8,12-13H,9-11,14-17H2,1H3,(H,26,27,28)/t24-/m0/s1. The molecule has 0 radical (unpaired) electrons. The van der Waals surface area contributed by atoms with Crippen molar-refractivity contribution in [2.45, 2.75) is 31.5 Å². The van der Waals surface area contributed by atoms with Crippen LogP contribution in [0.25, 0.3) is 0 Å². The third-order valence-electron chi connectivity index (χ3n) is 6.14. The highest BCUT2D eigenvalue weighted by Gasteiger charge is 2.44. The fourth-order valence-electron chi connectivity index (χ4n) is 4.55.